The van der Waals surface area contributed by atoms with Gasteiger partial charge in [0, 0.05) is 31.1 Å². The molecule has 0 amide bonds. The second kappa shape index (κ2) is 3.45. The fourth-order valence-corrected chi connectivity index (χ4v) is 2.33. The molecule has 3 rings (SSSR count). The van der Waals surface area contributed by atoms with Gasteiger partial charge in [-0.25, -0.2) is 4.79 Å². The number of hydrogen-bond acceptors (Lipinski definition) is 2. The third kappa shape index (κ3) is 1.45. The zero-order valence-corrected chi connectivity index (χ0v) is 9.49. The Morgan fingerprint density at radius 2 is 1.76 bits per heavy atom. The van der Waals surface area contributed by atoms with Crippen molar-refractivity contribution in [2.24, 2.45) is 7.05 Å². The van der Waals surface area contributed by atoms with E-state index in [1.165, 1.54) is 18.2 Å². The summed E-state index contributed by atoms with van der Waals surface area (Å²) < 4.78 is 1.13. The quantitative estimate of drug-likeness (QED) is 0.611. The van der Waals surface area contributed by atoms with Gasteiger partial charge in [-0.15, -0.1) is 0 Å². The van der Waals surface area contributed by atoms with Crippen LogP contribution in [0, 0.1) is 0 Å². The van der Waals surface area contributed by atoms with Crippen LogP contribution in [0.5, 0.6) is 0 Å². The van der Waals surface area contributed by atoms with E-state index in [0.717, 1.165) is 10.3 Å². The maximum Gasteiger partial charge on any atom is 0.328 e. The zero-order chi connectivity index (χ0) is 12.0. The van der Waals surface area contributed by atoms with Crippen LogP contribution in [-0.4, -0.2) is 9.55 Å². The Morgan fingerprint density at radius 1 is 1.12 bits per heavy atom. The molecule has 1 heterocycles. The lowest BCUT2D eigenvalue weighted by Gasteiger charge is -2.18. The van der Waals surface area contributed by atoms with Gasteiger partial charge in [-0.3, -0.25) is 9.36 Å². The molecular weight excluding hydrogens is 216 g/mol. The van der Waals surface area contributed by atoms with Gasteiger partial charge < -0.3 is 4.98 Å². The second-order valence-corrected chi connectivity index (χ2v) is 4.37. The summed E-state index contributed by atoms with van der Waals surface area (Å²) in [6, 6.07) is 8.01. The summed E-state index contributed by atoms with van der Waals surface area (Å²) in [4.78, 5) is 26.3. The molecule has 0 spiro atoms. The van der Waals surface area contributed by atoms with Gasteiger partial charge in [-0.05, 0) is 11.1 Å². The minimum absolute atomic E-state index is 0.182. The molecule has 0 saturated heterocycles. The molecule has 0 unspecified atom stereocenters. The van der Waals surface area contributed by atoms with Gasteiger partial charge >= 0.3 is 5.69 Å². The van der Waals surface area contributed by atoms with Crippen molar-refractivity contribution in [2.75, 3.05) is 0 Å². The number of nitrogens with zero attached hydrogens (tertiary/aromatic N) is 1. The predicted molar refractivity (Wildman–Crippen MR) is 64.4 cm³/mol. The summed E-state index contributed by atoms with van der Waals surface area (Å²) in [5.74, 6) is 0. The SMILES string of the molecule is Cn1c(=O)[nH]c2c(c1=O)Cc1ccccc1C2. The van der Waals surface area contributed by atoms with Crippen molar-refractivity contribution in [2.45, 2.75) is 12.8 Å². The number of fused-ring (bicyclic) bond motifs is 2. The van der Waals surface area contributed by atoms with Gasteiger partial charge in [0.2, 0.25) is 0 Å². The summed E-state index contributed by atoms with van der Waals surface area (Å²) in [5, 5.41) is 0. The molecule has 4 nitrogen and oxygen atoms in total. The number of nitrogens with one attached hydrogen (secondary N) is 1. The van der Waals surface area contributed by atoms with Gasteiger partial charge in [-0.1, -0.05) is 24.3 Å². The third-order valence-electron chi connectivity index (χ3n) is 3.34. The normalized spacial score (nSPS) is 13.0. The smallest absolute Gasteiger partial charge is 0.310 e. The molecule has 1 aromatic carbocycles. The topological polar surface area (TPSA) is 54.9 Å². The molecule has 86 valence electrons. The van der Waals surface area contributed by atoms with Crippen molar-refractivity contribution >= 4 is 0 Å². The largest absolute Gasteiger partial charge is 0.328 e. The molecule has 0 aliphatic heterocycles. The van der Waals surface area contributed by atoms with E-state index in [2.05, 4.69) is 4.98 Å². The number of rotatable bonds is 0. The van der Waals surface area contributed by atoms with Crippen LogP contribution >= 0.6 is 0 Å². The fourth-order valence-electron chi connectivity index (χ4n) is 2.33. The van der Waals surface area contributed by atoms with E-state index < -0.39 is 0 Å². The molecule has 0 fully saturated rings. The van der Waals surface area contributed by atoms with Crippen molar-refractivity contribution in [3.63, 3.8) is 0 Å². The molecule has 0 atom stereocenters. The van der Waals surface area contributed by atoms with Gasteiger partial charge in [0.25, 0.3) is 5.56 Å². The average molecular weight is 228 g/mol. The predicted octanol–water partition coefficient (Wildman–Crippen LogP) is 0.569. The highest BCUT2D eigenvalue weighted by atomic mass is 16.2. The summed E-state index contributed by atoms with van der Waals surface area (Å²) in [6.07, 6.45) is 1.24. The Bertz CT molecular complexity index is 710. The minimum Gasteiger partial charge on any atom is -0.310 e. The van der Waals surface area contributed by atoms with Crippen LogP contribution in [0.1, 0.15) is 22.4 Å². The van der Waals surface area contributed by atoms with Crippen LogP contribution < -0.4 is 11.2 Å². The summed E-state index contributed by atoms with van der Waals surface area (Å²) in [5.41, 5.74) is 3.31. The van der Waals surface area contributed by atoms with Crippen LogP contribution in [0.2, 0.25) is 0 Å². The van der Waals surface area contributed by atoms with E-state index in [1.807, 2.05) is 24.3 Å². The van der Waals surface area contributed by atoms with Crippen molar-refractivity contribution in [3.05, 3.63) is 67.5 Å². The van der Waals surface area contributed by atoms with Crippen LogP contribution in [0.15, 0.2) is 33.9 Å². The first-order valence-electron chi connectivity index (χ1n) is 5.54. The number of benzene rings is 1. The maximum absolute atomic E-state index is 12.0. The van der Waals surface area contributed by atoms with Gasteiger partial charge in [0.1, 0.15) is 0 Å². The molecule has 4 heteroatoms. The average Bonchev–Trinajstić information content (AvgIpc) is 2.34. The van der Waals surface area contributed by atoms with Crippen molar-refractivity contribution in [1.29, 1.82) is 0 Å². The van der Waals surface area contributed by atoms with Crippen molar-refractivity contribution in [1.82, 2.24) is 9.55 Å². The summed E-state index contributed by atoms with van der Waals surface area (Å²) >= 11 is 0. The van der Waals surface area contributed by atoms with Crippen LogP contribution in [0.25, 0.3) is 0 Å². The molecule has 1 aromatic heterocycles. The van der Waals surface area contributed by atoms with Crippen LogP contribution in [-0.2, 0) is 19.9 Å². The van der Waals surface area contributed by atoms with E-state index in [9.17, 15) is 9.59 Å². The van der Waals surface area contributed by atoms with Gasteiger partial charge in [0.05, 0.1) is 0 Å². The first-order valence-corrected chi connectivity index (χ1v) is 5.54. The Labute approximate surface area is 97.5 Å². The summed E-state index contributed by atoms with van der Waals surface area (Å²) in [6.45, 7) is 0. The van der Waals surface area contributed by atoms with Crippen molar-refractivity contribution < 1.29 is 0 Å². The summed E-state index contributed by atoms with van der Waals surface area (Å²) in [7, 11) is 1.50. The lowest BCUT2D eigenvalue weighted by molar-refractivity contribution is 0.728. The second-order valence-electron chi connectivity index (χ2n) is 4.37. The number of aromatic amines is 1. The molecule has 1 aliphatic rings. The molecule has 17 heavy (non-hydrogen) atoms. The lowest BCUT2D eigenvalue weighted by atomic mass is 9.90. The highest BCUT2D eigenvalue weighted by Crippen LogP contribution is 2.22. The Morgan fingerprint density at radius 3 is 2.47 bits per heavy atom. The molecule has 1 N–H and O–H groups in total. The minimum atomic E-state index is -0.340. The first-order chi connectivity index (χ1) is 8.16. The van der Waals surface area contributed by atoms with Crippen molar-refractivity contribution in [3.8, 4) is 0 Å². The third-order valence-corrected chi connectivity index (χ3v) is 3.34. The maximum atomic E-state index is 12.0. The molecule has 0 saturated carbocycles. The molecule has 1 aliphatic carbocycles. The highest BCUT2D eigenvalue weighted by molar-refractivity contribution is 5.41. The molecule has 0 bridgehead atoms. The molecular formula is C13H12N2O2. The van der Waals surface area contributed by atoms with E-state index >= 15 is 0 Å². The number of H-pyrrole nitrogens is 1. The van der Waals surface area contributed by atoms with E-state index in [0.29, 0.717) is 18.4 Å². The van der Waals surface area contributed by atoms with E-state index in [-0.39, 0.29) is 11.2 Å². The van der Waals surface area contributed by atoms with Gasteiger partial charge in [-0.2, -0.15) is 0 Å². The Hall–Kier alpha value is -2.10. The Balaban J connectivity index is 2.25. The van der Waals surface area contributed by atoms with E-state index in [4.69, 9.17) is 0 Å². The molecule has 2 aromatic rings. The van der Waals surface area contributed by atoms with Crippen LogP contribution in [0.4, 0.5) is 0 Å². The Kier molecular flexibility index (Phi) is 2.04. The lowest BCUT2D eigenvalue weighted by Crippen LogP contribution is -2.37. The monoisotopic (exact) mass is 228 g/mol. The standard InChI is InChI=1S/C13H12N2O2/c1-15-12(16)10-6-8-4-2-3-5-9(8)7-11(10)14-13(15)17/h2-5H,6-7H2,1H3,(H,14,17). The zero-order valence-electron chi connectivity index (χ0n) is 9.49. The number of aromatic nitrogens is 2. The van der Waals surface area contributed by atoms with Gasteiger partial charge in [0.15, 0.2) is 0 Å². The number of hydrogen-bond donors (Lipinski definition) is 1. The fraction of sp³-hybridized carbons (Fsp3) is 0.231. The first kappa shape index (κ1) is 10.1. The highest BCUT2D eigenvalue weighted by Gasteiger charge is 2.19. The van der Waals surface area contributed by atoms with Crippen LogP contribution in [0.3, 0.4) is 0 Å². The molecule has 0 radical (unpaired) electrons. The van der Waals surface area contributed by atoms with E-state index in [1.54, 1.807) is 0 Å².